The molecule has 1 aliphatic heterocycles. The van der Waals surface area contributed by atoms with E-state index in [2.05, 4.69) is 74.5 Å². The highest BCUT2D eigenvalue weighted by Gasteiger charge is 2.30. The zero-order chi connectivity index (χ0) is 22.2. The van der Waals surface area contributed by atoms with Crippen LogP contribution in [0.3, 0.4) is 0 Å². The second kappa shape index (κ2) is 11.9. The highest BCUT2D eigenvalue weighted by molar-refractivity contribution is 8.22. The summed E-state index contributed by atoms with van der Waals surface area (Å²) in [5, 5.41) is 0. The topological polar surface area (TPSA) is 12.5 Å². The zero-order valence-electron chi connectivity index (χ0n) is 19.9. The molecule has 168 valence electrons. The van der Waals surface area contributed by atoms with Crippen LogP contribution >= 0.6 is 24.0 Å². The third-order valence-electron chi connectivity index (χ3n) is 5.45. The van der Waals surface area contributed by atoms with E-state index in [9.17, 15) is 0 Å². The number of nitrogens with zero attached hydrogens (tertiary/aromatic N) is 1. The molecule has 0 N–H and O–H groups in total. The molecule has 1 heterocycles. The number of thioether (sulfide) groups is 1. The van der Waals surface area contributed by atoms with E-state index in [1.54, 1.807) is 4.82 Å². The summed E-state index contributed by atoms with van der Waals surface area (Å²) in [5.41, 5.74) is 1.31. The van der Waals surface area contributed by atoms with Crippen molar-refractivity contribution in [2.45, 2.75) is 71.4 Å². The van der Waals surface area contributed by atoms with Crippen LogP contribution in [0, 0.1) is 0 Å². The van der Waals surface area contributed by atoms with Gasteiger partial charge in [0.2, 0.25) is 0 Å². The van der Waals surface area contributed by atoms with Gasteiger partial charge in [-0.2, -0.15) is 0 Å². The fraction of sp³-hybridized carbons (Fsp3) is 0.625. The van der Waals surface area contributed by atoms with E-state index in [4.69, 9.17) is 17.0 Å². The Balaban J connectivity index is 1.73. The Morgan fingerprint density at radius 3 is 2.13 bits per heavy atom. The molecule has 0 atom stereocenters. The molecule has 0 saturated carbocycles. The quantitative estimate of drug-likeness (QED) is 0.206. The van der Waals surface area contributed by atoms with Crippen molar-refractivity contribution in [1.29, 1.82) is 0 Å². The normalized spacial score (nSPS) is 15.1. The first-order valence-electron chi connectivity index (χ1n) is 11.4. The highest BCUT2D eigenvalue weighted by Crippen LogP contribution is 2.28. The van der Waals surface area contributed by atoms with Crippen LogP contribution in [-0.2, 0) is 0 Å². The van der Waals surface area contributed by atoms with Crippen LogP contribution in [0.5, 0.6) is 5.75 Å². The molecule has 2 nitrogen and oxygen atoms in total. The van der Waals surface area contributed by atoms with Crippen LogP contribution in [0.25, 0.3) is 6.08 Å². The van der Waals surface area contributed by atoms with Gasteiger partial charge in [0.15, 0.2) is 0 Å². The number of benzene rings is 1. The minimum atomic E-state index is -1.29. The van der Waals surface area contributed by atoms with E-state index in [0.717, 1.165) is 48.4 Å². The number of unbranched alkanes of at least 4 members (excludes halogenated alkanes) is 1. The number of likely N-dealkylation sites (tertiary alicyclic amines) is 1. The monoisotopic (exact) mass is 479 g/mol. The number of hydrogen-bond donors (Lipinski definition) is 0. The van der Waals surface area contributed by atoms with Gasteiger partial charge in [-0.25, -0.2) is 0 Å². The van der Waals surface area contributed by atoms with Crippen LogP contribution in [0.4, 0.5) is 0 Å². The lowest BCUT2D eigenvalue weighted by atomic mass is 10.1. The predicted octanol–water partition coefficient (Wildman–Crippen LogP) is 7.49. The predicted molar refractivity (Wildman–Crippen MR) is 146 cm³/mol. The number of ether oxygens (including phenoxy) is 1. The molecule has 0 bridgehead atoms. The minimum Gasteiger partial charge on any atom is -0.494 e. The zero-order valence-corrected chi connectivity index (χ0v) is 23.6. The number of thiocarbonyl (C=S) groups is 1. The third kappa shape index (κ3) is 8.89. The maximum Gasteiger partial charge on any atom is 0.136 e. The standard InChI is InChI=1S/C24H41NOS2Si2/c1-29(2,3)23(30(4,5)6)20-21-12-14-22(15-13-21)26-18-10-11-19-28-24(27)25-16-8-7-9-17-25/h12-15,20H,7-11,16-19H2,1-6H3. The molecular formula is C24H41NOS2Si2. The van der Waals surface area contributed by atoms with Gasteiger partial charge in [0.05, 0.1) is 22.8 Å². The Hall–Kier alpha value is -0.566. The molecule has 0 aromatic heterocycles. The Labute approximate surface area is 196 Å². The van der Waals surface area contributed by atoms with Crippen molar-refractivity contribution in [2.24, 2.45) is 0 Å². The van der Waals surface area contributed by atoms with E-state index < -0.39 is 16.1 Å². The lowest BCUT2D eigenvalue weighted by Gasteiger charge is -2.31. The van der Waals surface area contributed by atoms with Gasteiger partial charge in [-0.3, -0.25) is 0 Å². The fourth-order valence-electron chi connectivity index (χ4n) is 4.11. The van der Waals surface area contributed by atoms with E-state index in [0.29, 0.717) is 0 Å². The molecule has 1 fully saturated rings. The molecule has 2 rings (SSSR count). The lowest BCUT2D eigenvalue weighted by molar-refractivity contribution is 0.310. The number of piperidine rings is 1. The molecule has 1 saturated heterocycles. The molecule has 0 spiro atoms. The van der Waals surface area contributed by atoms with Gasteiger partial charge < -0.3 is 9.64 Å². The highest BCUT2D eigenvalue weighted by atomic mass is 32.2. The van der Waals surface area contributed by atoms with Gasteiger partial charge in [0, 0.05) is 18.8 Å². The van der Waals surface area contributed by atoms with Gasteiger partial charge in [0.1, 0.15) is 10.1 Å². The molecule has 1 aromatic carbocycles. The van der Waals surface area contributed by atoms with Crippen molar-refractivity contribution in [1.82, 2.24) is 4.90 Å². The lowest BCUT2D eigenvalue weighted by Crippen LogP contribution is -2.39. The third-order valence-corrected chi connectivity index (χ3v) is 15.1. The molecule has 30 heavy (non-hydrogen) atoms. The summed E-state index contributed by atoms with van der Waals surface area (Å²) in [4.78, 5) is 4.12. The van der Waals surface area contributed by atoms with Crippen LogP contribution < -0.4 is 4.74 Å². The molecular weight excluding hydrogens is 439 g/mol. The SMILES string of the molecule is C[Si](C)(C)C(=Cc1ccc(OCCCCSC(=S)N2CCCCC2)cc1)[Si](C)(C)C. The first kappa shape index (κ1) is 25.7. The summed E-state index contributed by atoms with van der Waals surface area (Å²) in [5.74, 6) is 2.07. The van der Waals surface area contributed by atoms with Gasteiger partial charge in [-0.1, -0.05) is 86.3 Å². The average molecular weight is 480 g/mol. The van der Waals surface area contributed by atoms with Gasteiger partial charge in [-0.05, 0) is 49.8 Å². The number of hydrogen-bond acceptors (Lipinski definition) is 3. The van der Waals surface area contributed by atoms with Crippen molar-refractivity contribution in [2.75, 3.05) is 25.4 Å². The summed E-state index contributed by atoms with van der Waals surface area (Å²) in [6.07, 6.45) is 8.63. The van der Waals surface area contributed by atoms with Crippen LogP contribution in [0.1, 0.15) is 37.7 Å². The maximum absolute atomic E-state index is 5.97. The van der Waals surface area contributed by atoms with Crippen LogP contribution in [0.2, 0.25) is 39.3 Å². The Morgan fingerprint density at radius 1 is 0.967 bits per heavy atom. The first-order valence-corrected chi connectivity index (χ1v) is 19.8. The maximum atomic E-state index is 5.97. The van der Waals surface area contributed by atoms with E-state index >= 15 is 0 Å². The summed E-state index contributed by atoms with van der Waals surface area (Å²) in [7, 11) is -2.59. The van der Waals surface area contributed by atoms with Crippen molar-refractivity contribution < 1.29 is 4.74 Å². The second-order valence-electron chi connectivity index (χ2n) is 10.3. The number of rotatable bonds is 9. The van der Waals surface area contributed by atoms with Gasteiger partial charge >= 0.3 is 0 Å². The summed E-state index contributed by atoms with van der Waals surface area (Å²) >= 11 is 7.42. The van der Waals surface area contributed by atoms with Crippen LogP contribution in [-0.4, -0.2) is 50.8 Å². The first-order chi connectivity index (χ1) is 14.1. The van der Waals surface area contributed by atoms with Crippen molar-refractivity contribution in [3.05, 3.63) is 34.6 Å². The van der Waals surface area contributed by atoms with Crippen molar-refractivity contribution in [3.63, 3.8) is 0 Å². The fourth-order valence-corrected chi connectivity index (χ4v) is 15.6. The molecule has 0 aliphatic carbocycles. The largest absolute Gasteiger partial charge is 0.494 e. The molecule has 1 aliphatic rings. The van der Waals surface area contributed by atoms with Crippen LogP contribution in [0.15, 0.2) is 29.1 Å². The second-order valence-corrected chi connectivity index (χ2v) is 22.7. The Kier molecular flexibility index (Phi) is 10.2. The smallest absolute Gasteiger partial charge is 0.136 e. The molecule has 0 amide bonds. The summed E-state index contributed by atoms with van der Waals surface area (Å²) < 4.78 is 7.06. The van der Waals surface area contributed by atoms with Crippen molar-refractivity contribution >= 4 is 50.5 Å². The summed E-state index contributed by atoms with van der Waals surface area (Å²) in [6, 6.07) is 8.67. The minimum absolute atomic E-state index is 0.779. The molecule has 6 heteroatoms. The van der Waals surface area contributed by atoms with E-state index in [1.807, 2.05) is 11.8 Å². The average Bonchev–Trinajstić information content (AvgIpc) is 2.68. The molecule has 0 radical (unpaired) electrons. The van der Waals surface area contributed by atoms with Crippen molar-refractivity contribution in [3.8, 4) is 5.75 Å². The van der Waals surface area contributed by atoms with Gasteiger partial charge in [-0.15, -0.1) is 0 Å². The Morgan fingerprint density at radius 2 is 1.57 bits per heavy atom. The summed E-state index contributed by atoms with van der Waals surface area (Å²) in [6.45, 7) is 17.9. The Bertz CT molecular complexity index is 683. The van der Waals surface area contributed by atoms with E-state index in [-0.39, 0.29) is 0 Å². The van der Waals surface area contributed by atoms with Gasteiger partial charge in [0.25, 0.3) is 0 Å². The molecule has 0 unspecified atom stereocenters. The van der Waals surface area contributed by atoms with E-state index in [1.165, 1.54) is 24.8 Å². The molecule has 1 aromatic rings.